The summed E-state index contributed by atoms with van der Waals surface area (Å²) in [6.07, 6.45) is 0.223. The number of carboxylic acids is 1. The molecule has 0 atom stereocenters. The minimum Gasteiger partial charge on any atom is -0.486 e. The third kappa shape index (κ3) is 3.56. The van der Waals surface area contributed by atoms with Crippen LogP contribution in [-0.2, 0) is 4.79 Å². The Bertz CT molecular complexity index is 456. The fraction of sp³-hybridized carbons (Fsp3) is 0.200. The van der Waals surface area contributed by atoms with Gasteiger partial charge >= 0.3 is 11.7 Å². The van der Waals surface area contributed by atoms with Gasteiger partial charge in [0.05, 0.1) is 18.0 Å². The van der Waals surface area contributed by atoms with Crippen LogP contribution in [0.2, 0.25) is 0 Å². The third-order valence-electron chi connectivity index (χ3n) is 1.89. The van der Waals surface area contributed by atoms with E-state index in [1.165, 1.54) is 12.1 Å². The van der Waals surface area contributed by atoms with Crippen LogP contribution < -0.4 is 4.74 Å². The highest BCUT2D eigenvalue weighted by Gasteiger charge is 2.16. The quantitative estimate of drug-likeness (QED) is 0.455. The van der Waals surface area contributed by atoms with Gasteiger partial charge in [-0.1, -0.05) is 0 Å². The molecule has 1 aromatic rings. The molecule has 0 aliphatic heterocycles. The summed E-state index contributed by atoms with van der Waals surface area (Å²) >= 11 is 0. The van der Waals surface area contributed by atoms with E-state index in [-0.39, 0.29) is 30.0 Å². The number of rotatable bonds is 6. The minimum atomic E-state index is -1.06. The molecule has 0 heterocycles. The molecule has 1 rings (SSSR count). The van der Waals surface area contributed by atoms with Gasteiger partial charge in [0.15, 0.2) is 5.75 Å². The molecule has 0 aliphatic carbocycles. The molecule has 0 amide bonds. The number of benzene rings is 1. The van der Waals surface area contributed by atoms with Crippen LogP contribution in [0.4, 0.5) is 5.69 Å². The number of nitro groups is 1. The van der Waals surface area contributed by atoms with Crippen molar-refractivity contribution in [2.24, 2.45) is 0 Å². The van der Waals surface area contributed by atoms with Crippen LogP contribution in [0.3, 0.4) is 0 Å². The lowest BCUT2D eigenvalue weighted by atomic mass is 10.2. The normalized spacial score (nSPS) is 9.65. The number of nitro benzene ring substituents is 1. The zero-order valence-electron chi connectivity index (χ0n) is 8.66. The molecule has 0 bridgehead atoms. The zero-order valence-corrected chi connectivity index (χ0v) is 8.66. The molecule has 0 radical (unpaired) electrons. The van der Waals surface area contributed by atoms with Gasteiger partial charge < -0.3 is 9.84 Å². The second kappa shape index (κ2) is 5.59. The van der Waals surface area contributed by atoms with E-state index in [9.17, 15) is 19.7 Å². The molecule has 0 saturated heterocycles. The van der Waals surface area contributed by atoms with Crippen molar-refractivity contribution in [2.45, 2.75) is 6.42 Å². The van der Waals surface area contributed by atoms with Crippen molar-refractivity contribution in [3.05, 3.63) is 33.9 Å². The molecule has 0 aliphatic rings. The average Bonchev–Trinajstić information content (AvgIpc) is 2.28. The lowest BCUT2D eigenvalue weighted by Gasteiger charge is -2.05. The van der Waals surface area contributed by atoms with E-state index in [0.717, 1.165) is 6.07 Å². The van der Waals surface area contributed by atoms with Crippen molar-refractivity contribution in [1.29, 1.82) is 0 Å². The summed E-state index contributed by atoms with van der Waals surface area (Å²) in [5.41, 5.74) is -0.206. The van der Waals surface area contributed by atoms with Gasteiger partial charge in [-0.3, -0.25) is 19.7 Å². The summed E-state index contributed by atoms with van der Waals surface area (Å²) in [7, 11) is 0. The smallest absolute Gasteiger partial charge is 0.311 e. The standard InChI is InChI=1S/C10H9NO6/c12-6-7-1-2-9(8(5-7)11(15)16)17-4-3-10(13)14/h1-2,5-6H,3-4H2,(H,13,14). The maximum atomic E-state index is 10.7. The van der Waals surface area contributed by atoms with E-state index >= 15 is 0 Å². The fourth-order valence-electron chi connectivity index (χ4n) is 1.12. The molecule has 1 aromatic carbocycles. The largest absolute Gasteiger partial charge is 0.486 e. The van der Waals surface area contributed by atoms with E-state index in [4.69, 9.17) is 9.84 Å². The topological polar surface area (TPSA) is 107 Å². The van der Waals surface area contributed by atoms with Crippen molar-refractivity contribution in [1.82, 2.24) is 0 Å². The summed E-state index contributed by atoms with van der Waals surface area (Å²) in [6.45, 7) is -0.170. The summed E-state index contributed by atoms with van der Waals surface area (Å²) in [4.78, 5) is 30.7. The van der Waals surface area contributed by atoms with Gasteiger partial charge in [0.2, 0.25) is 0 Å². The first kappa shape index (κ1) is 12.6. The maximum absolute atomic E-state index is 10.7. The summed E-state index contributed by atoms with van der Waals surface area (Å²) < 4.78 is 4.97. The molecule has 0 spiro atoms. The Hall–Kier alpha value is -2.44. The second-order valence-corrected chi connectivity index (χ2v) is 3.09. The van der Waals surface area contributed by atoms with Crippen molar-refractivity contribution < 1.29 is 24.4 Å². The third-order valence-corrected chi connectivity index (χ3v) is 1.89. The Kier molecular flexibility index (Phi) is 4.15. The number of hydrogen-bond acceptors (Lipinski definition) is 5. The Morgan fingerprint density at radius 3 is 2.76 bits per heavy atom. The average molecular weight is 239 g/mol. The number of aliphatic carboxylic acids is 1. The molecule has 1 N–H and O–H groups in total. The van der Waals surface area contributed by atoms with Gasteiger partial charge in [0, 0.05) is 11.6 Å². The predicted molar refractivity (Wildman–Crippen MR) is 56.2 cm³/mol. The van der Waals surface area contributed by atoms with Crippen molar-refractivity contribution in [3.63, 3.8) is 0 Å². The number of carbonyl (C=O) groups is 2. The monoisotopic (exact) mass is 239 g/mol. The number of ether oxygens (including phenoxy) is 1. The van der Waals surface area contributed by atoms with Crippen molar-refractivity contribution in [3.8, 4) is 5.75 Å². The second-order valence-electron chi connectivity index (χ2n) is 3.09. The van der Waals surface area contributed by atoms with Crippen LogP contribution in [0.1, 0.15) is 16.8 Å². The highest BCUT2D eigenvalue weighted by molar-refractivity contribution is 5.77. The lowest BCUT2D eigenvalue weighted by molar-refractivity contribution is -0.385. The Morgan fingerprint density at radius 1 is 1.53 bits per heavy atom. The van der Waals surface area contributed by atoms with Crippen LogP contribution in [0, 0.1) is 10.1 Å². The zero-order chi connectivity index (χ0) is 12.8. The Labute approximate surface area is 95.8 Å². The molecule has 7 nitrogen and oxygen atoms in total. The molecule has 7 heteroatoms. The van der Waals surface area contributed by atoms with Crippen LogP contribution in [0.5, 0.6) is 5.75 Å². The van der Waals surface area contributed by atoms with Gasteiger partial charge in [-0.15, -0.1) is 0 Å². The number of carboxylic acid groups (broad SMARTS) is 1. The molecule has 0 fully saturated rings. The lowest BCUT2D eigenvalue weighted by Crippen LogP contribution is -2.06. The predicted octanol–water partition coefficient (Wildman–Crippen LogP) is 1.26. The Balaban J connectivity index is 2.86. The van der Waals surface area contributed by atoms with Gasteiger partial charge in [-0.05, 0) is 12.1 Å². The van der Waals surface area contributed by atoms with Gasteiger partial charge in [0.1, 0.15) is 6.29 Å². The van der Waals surface area contributed by atoms with Gasteiger partial charge in [-0.25, -0.2) is 0 Å². The van der Waals surface area contributed by atoms with Crippen molar-refractivity contribution in [2.75, 3.05) is 6.61 Å². The molecule has 17 heavy (non-hydrogen) atoms. The summed E-state index contributed by atoms with van der Waals surface area (Å²) in [5.74, 6) is -1.11. The SMILES string of the molecule is O=Cc1ccc(OCCC(=O)O)c([N+](=O)[O-])c1. The van der Waals surface area contributed by atoms with Gasteiger partial charge in [0.25, 0.3) is 0 Å². The number of aldehydes is 1. The number of carbonyl (C=O) groups excluding carboxylic acids is 1. The van der Waals surface area contributed by atoms with Crippen LogP contribution >= 0.6 is 0 Å². The maximum Gasteiger partial charge on any atom is 0.311 e. The van der Waals surface area contributed by atoms with E-state index in [0.29, 0.717) is 6.29 Å². The summed E-state index contributed by atoms with van der Waals surface area (Å²) in [5, 5.41) is 19.1. The van der Waals surface area contributed by atoms with Crippen LogP contribution in [0.25, 0.3) is 0 Å². The Morgan fingerprint density at radius 2 is 2.24 bits per heavy atom. The number of nitrogens with zero attached hydrogens (tertiary/aromatic N) is 1. The molecular formula is C10H9NO6. The first-order valence-electron chi connectivity index (χ1n) is 4.63. The summed E-state index contributed by atoms with van der Waals surface area (Å²) in [6, 6.07) is 3.70. The first-order valence-corrected chi connectivity index (χ1v) is 4.63. The molecular weight excluding hydrogens is 230 g/mol. The molecule has 0 aromatic heterocycles. The number of hydrogen-bond donors (Lipinski definition) is 1. The highest BCUT2D eigenvalue weighted by atomic mass is 16.6. The van der Waals surface area contributed by atoms with Crippen LogP contribution in [-0.4, -0.2) is 28.9 Å². The molecule has 0 unspecified atom stereocenters. The van der Waals surface area contributed by atoms with Gasteiger partial charge in [-0.2, -0.15) is 0 Å². The first-order chi connectivity index (χ1) is 8.04. The van der Waals surface area contributed by atoms with E-state index in [1.807, 2.05) is 0 Å². The van der Waals surface area contributed by atoms with E-state index < -0.39 is 10.9 Å². The van der Waals surface area contributed by atoms with E-state index in [1.54, 1.807) is 0 Å². The molecule has 0 saturated carbocycles. The highest BCUT2D eigenvalue weighted by Crippen LogP contribution is 2.27. The van der Waals surface area contributed by atoms with Crippen molar-refractivity contribution >= 4 is 17.9 Å². The minimum absolute atomic E-state index is 0.0538. The molecule has 90 valence electrons. The van der Waals surface area contributed by atoms with Crippen LogP contribution in [0.15, 0.2) is 18.2 Å². The van der Waals surface area contributed by atoms with E-state index in [2.05, 4.69) is 0 Å². The fourth-order valence-corrected chi connectivity index (χ4v) is 1.12.